The number of ether oxygens (including phenoxy) is 2. The van der Waals surface area contributed by atoms with Crippen molar-refractivity contribution in [1.29, 1.82) is 0 Å². The Kier molecular flexibility index (Phi) is 7.44. The fourth-order valence-corrected chi connectivity index (χ4v) is 2.47. The number of hydrogen-bond acceptors (Lipinski definition) is 3. The molecule has 0 atom stereocenters. The van der Waals surface area contributed by atoms with Crippen LogP contribution in [0.4, 0.5) is 0 Å². The van der Waals surface area contributed by atoms with Gasteiger partial charge in [-0.2, -0.15) is 0 Å². The van der Waals surface area contributed by atoms with Crippen LogP contribution in [0.2, 0.25) is 0 Å². The summed E-state index contributed by atoms with van der Waals surface area (Å²) in [5.41, 5.74) is 3.40. The van der Waals surface area contributed by atoms with E-state index < -0.39 is 0 Å². The number of rotatable bonds is 9. The highest BCUT2D eigenvalue weighted by Gasteiger charge is 2.21. The zero-order valence-electron chi connectivity index (χ0n) is 13.9. The van der Waals surface area contributed by atoms with Crippen LogP contribution < -0.4 is 4.74 Å². The standard InChI is InChI=1S/C19H26O3/c1-6-9-12-22-17-13-14(4)18(19(20)21-5)16(11-8-3)15(17)10-7-2/h7-8,13H,2-3,6,9-12H2,1,4-5H3. The van der Waals surface area contributed by atoms with Crippen LogP contribution in [-0.4, -0.2) is 19.7 Å². The third-order valence-electron chi connectivity index (χ3n) is 3.55. The number of esters is 1. The first-order valence-electron chi connectivity index (χ1n) is 7.68. The van der Waals surface area contributed by atoms with Crippen molar-refractivity contribution in [2.24, 2.45) is 0 Å². The molecular weight excluding hydrogens is 276 g/mol. The van der Waals surface area contributed by atoms with E-state index in [9.17, 15) is 4.79 Å². The Balaban J connectivity index is 3.42. The SMILES string of the molecule is C=CCc1c(OCCCC)cc(C)c(C(=O)OC)c1CC=C. The molecule has 0 aliphatic carbocycles. The van der Waals surface area contributed by atoms with E-state index in [0.29, 0.717) is 25.0 Å². The number of carbonyl (C=O) groups is 1. The zero-order valence-corrected chi connectivity index (χ0v) is 13.9. The highest BCUT2D eigenvalue weighted by molar-refractivity contribution is 5.93. The van der Waals surface area contributed by atoms with E-state index >= 15 is 0 Å². The molecule has 0 heterocycles. The molecule has 0 fully saturated rings. The molecule has 0 spiro atoms. The summed E-state index contributed by atoms with van der Waals surface area (Å²) in [6.07, 6.45) is 6.95. The van der Waals surface area contributed by atoms with E-state index in [2.05, 4.69) is 20.1 Å². The topological polar surface area (TPSA) is 35.5 Å². The molecule has 0 aliphatic rings. The van der Waals surface area contributed by atoms with Gasteiger partial charge in [-0.15, -0.1) is 13.2 Å². The molecule has 0 unspecified atom stereocenters. The molecular formula is C19H26O3. The molecule has 1 rings (SSSR count). The van der Waals surface area contributed by atoms with Crippen LogP contribution in [-0.2, 0) is 17.6 Å². The third-order valence-corrected chi connectivity index (χ3v) is 3.55. The second-order valence-electron chi connectivity index (χ2n) is 5.20. The summed E-state index contributed by atoms with van der Waals surface area (Å²) in [4.78, 5) is 12.1. The zero-order chi connectivity index (χ0) is 16.5. The van der Waals surface area contributed by atoms with Gasteiger partial charge in [0, 0.05) is 5.56 Å². The lowest BCUT2D eigenvalue weighted by Gasteiger charge is -2.19. The molecule has 1 aromatic carbocycles. The molecule has 0 amide bonds. The Labute approximate surface area is 133 Å². The van der Waals surface area contributed by atoms with Gasteiger partial charge in [0.1, 0.15) is 5.75 Å². The van der Waals surface area contributed by atoms with E-state index in [1.165, 1.54) is 7.11 Å². The molecule has 3 nitrogen and oxygen atoms in total. The van der Waals surface area contributed by atoms with Gasteiger partial charge in [0.2, 0.25) is 0 Å². The van der Waals surface area contributed by atoms with Crippen molar-refractivity contribution in [2.75, 3.05) is 13.7 Å². The molecule has 120 valence electrons. The molecule has 0 N–H and O–H groups in total. The normalized spacial score (nSPS) is 10.1. The molecule has 0 saturated carbocycles. The highest BCUT2D eigenvalue weighted by atomic mass is 16.5. The van der Waals surface area contributed by atoms with Crippen LogP contribution in [0.3, 0.4) is 0 Å². The highest BCUT2D eigenvalue weighted by Crippen LogP contribution is 2.31. The van der Waals surface area contributed by atoms with Crippen molar-refractivity contribution in [2.45, 2.75) is 39.5 Å². The van der Waals surface area contributed by atoms with Crippen molar-refractivity contribution in [3.05, 3.63) is 53.6 Å². The van der Waals surface area contributed by atoms with Crippen LogP contribution in [0, 0.1) is 6.92 Å². The molecule has 0 radical (unpaired) electrons. The quantitative estimate of drug-likeness (QED) is 0.385. The average Bonchev–Trinajstić information content (AvgIpc) is 2.50. The summed E-state index contributed by atoms with van der Waals surface area (Å²) < 4.78 is 10.9. The Morgan fingerprint density at radius 2 is 1.86 bits per heavy atom. The van der Waals surface area contributed by atoms with Crippen LogP contribution >= 0.6 is 0 Å². The number of methoxy groups -OCH3 is 1. The lowest BCUT2D eigenvalue weighted by atomic mass is 9.91. The first kappa shape index (κ1) is 18.0. The van der Waals surface area contributed by atoms with Gasteiger partial charge >= 0.3 is 5.97 Å². The minimum absolute atomic E-state index is 0.320. The summed E-state index contributed by atoms with van der Waals surface area (Å²) in [5, 5.41) is 0. The van der Waals surface area contributed by atoms with Crippen molar-refractivity contribution in [1.82, 2.24) is 0 Å². The summed E-state index contributed by atoms with van der Waals surface area (Å²) in [7, 11) is 1.40. The van der Waals surface area contributed by atoms with Gasteiger partial charge in [-0.05, 0) is 43.4 Å². The van der Waals surface area contributed by atoms with E-state index in [1.807, 2.05) is 19.1 Å². The fourth-order valence-electron chi connectivity index (χ4n) is 2.47. The Hall–Kier alpha value is -2.03. The molecule has 0 saturated heterocycles. The maximum Gasteiger partial charge on any atom is 0.338 e. The molecule has 1 aromatic rings. The largest absolute Gasteiger partial charge is 0.493 e. The number of hydrogen-bond donors (Lipinski definition) is 0. The molecule has 0 bridgehead atoms. The van der Waals surface area contributed by atoms with Gasteiger partial charge in [-0.3, -0.25) is 0 Å². The van der Waals surface area contributed by atoms with Gasteiger partial charge < -0.3 is 9.47 Å². The Bertz CT molecular complexity index is 544. The minimum Gasteiger partial charge on any atom is -0.493 e. The number of carbonyl (C=O) groups excluding carboxylic acids is 1. The maximum absolute atomic E-state index is 12.1. The first-order valence-corrected chi connectivity index (χ1v) is 7.68. The number of unbranched alkanes of at least 4 members (excludes halogenated alkanes) is 1. The lowest BCUT2D eigenvalue weighted by molar-refractivity contribution is 0.0598. The Morgan fingerprint density at radius 1 is 1.23 bits per heavy atom. The molecule has 0 aliphatic heterocycles. The number of benzene rings is 1. The summed E-state index contributed by atoms with van der Waals surface area (Å²) >= 11 is 0. The van der Waals surface area contributed by atoms with Crippen LogP contribution in [0.15, 0.2) is 31.4 Å². The minimum atomic E-state index is -0.320. The lowest BCUT2D eigenvalue weighted by Crippen LogP contribution is -2.12. The van der Waals surface area contributed by atoms with E-state index in [0.717, 1.165) is 35.3 Å². The second kappa shape index (κ2) is 9.08. The third kappa shape index (κ3) is 4.23. The second-order valence-corrected chi connectivity index (χ2v) is 5.20. The average molecular weight is 302 g/mol. The Morgan fingerprint density at radius 3 is 2.41 bits per heavy atom. The van der Waals surface area contributed by atoms with Crippen molar-refractivity contribution < 1.29 is 14.3 Å². The van der Waals surface area contributed by atoms with Crippen LogP contribution in [0.5, 0.6) is 5.75 Å². The monoisotopic (exact) mass is 302 g/mol. The fraction of sp³-hybridized carbons (Fsp3) is 0.421. The maximum atomic E-state index is 12.1. The summed E-state index contributed by atoms with van der Waals surface area (Å²) in [6.45, 7) is 12.3. The van der Waals surface area contributed by atoms with E-state index in [1.54, 1.807) is 6.08 Å². The molecule has 22 heavy (non-hydrogen) atoms. The van der Waals surface area contributed by atoms with Crippen LogP contribution in [0.25, 0.3) is 0 Å². The smallest absolute Gasteiger partial charge is 0.338 e. The summed E-state index contributed by atoms with van der Waals surface area (Å²) in [5.74, 6) is 0.509. The van der Waals surface area contributed by atoms with Gasteiger partial charge in [-0.25, -0.2) is 4.79 Å². The van der Waals surface area contributed by atoms with Crippen LogP contribution in [0.1, 0.15) is 46.8 Å². The first-order chi connectivity index (χ1) is 10.6. The molecule has 0 aromatic heterocycles. The summed E-state index contributed by atoms with van der Waals surface area (Å²) in [6, 6.07) is 1.92. The molecule has 3 heteroatoms. The van der Waals surface area contributed by atoms with E-state index in [4.69, 9.17) is 9.47 Å². The van der Waals surface area contributed by atoms with Crippen molar-refractivity contribution in [3.63, 3.8) is 0 Å². The van der Waals surface area contributed by atoms with Gasteiger partial charge in [-0.1, -0.05) is 25.5 Å². The van der Waals surface area contributed by atoms with Gasteiger partial charge in [0.05, 0.1) is 19.3 Å². The predicted molar refractivity (Wildman–Crippen MR) is 90.7 cm³/mol. The van der Waals surface area contributed by atoms with Crippen molar-refractivity contribution in [3.8, 4) is 5.75 Å². The number of aryl methyl sites for hydroxylation is 1. The predicted octanol–water partition coefficient (Wildman–Crippen LogP) is 4.42. The number of allylic oxidation sites excluding steroid dienone is 2. The van der Waals surface area contributed by atoms with Gasteiger partial charge in [0.15, 0.2) is 0 Å². The van der Waals surface area contributed by atoms with Gasteiger partial charge in [0.25, 0.3) is 0 Å². The van der Waals surface area contributed by atoms with Crippen molar-refractivity contribution >= 4 is 5.97 Å². The van der Waals surface area contributed by atoms with E-state index in [-0.39, 0.29) is 5.97 Å².